The molecule has 0 aliphatic heterocycles. The maximum Gasteiger partial charge on any atom is 0.387 e. The number of amidine groups is 1. The predicted molar refractivity (Wildman–Crippen MR) is 134 cm³/mol. The van der Waals surface area contributed by atoms with E-state index in [0.717, 1.165) is 11.6 Å². The highest BCUT2D eigenvalue weighted by atomic mass is 19.3. The number of nitrogen functional groups attached to an aromatic ring is 1. The van der Waals surface area contributed by atoms with Crippen molar-refractivity contribution >= 4 is 29.0 Å². The number of ether oxygens (including phenoxy) is 1. The van der Waals surface area contributed by atoms with Gasteiger partial charge in [-0.1, -0.05) is 30.3 Å². The number of nitrogens with one attached hydrogen (secondary N) is 4. The Hall–Kier alpha value is -4.54. The molecule has 3 aromatic rings. The highest BCUT2D eigenvalue weighted by Crippen LogP contribution is 2.29. The number of halogens is 3. The smallest absolute Gasteiger partial charge is 0.387 e. The molecule has 0 saturated carbocycles. The maximum atomic E-state index is 14.6. The van der Waals surface area contributed by atoms with Crippen LogP contribution < -0.4 is 26.4 Å². The second-order valence-corrected chi connectivity index (χ2v) is 7.98. The van der Waals surface area contributed by atoms with Crippen LogP contribution in [0.4, 0.5) is 24.5 Å². The molecule has 0 aliphatic carbocycles. The van der Waals surface area contributed by atoms with Gasteiger partial charge in [0, 0.05) is 41.5 Å². The predicted octanol–water partition coefficient (Wildman–Crippen LogP) is 4.01. The number of rotatable bonds is 12. The molecule has 0 unspecified atom stereocenters. The number of anilines is 2. The van der Waals surface area contributed by atoms with Crippen molar-refractivity contribution in [3.8, 4) is 5.75 Å². The van der Waals surface area contributed by atoms with Crippen LogP contribution in [0.2, 0.25) is 0 Å². The molecule has 194 valence electrons. The summed E-state index contributed by atoms with van der Waals surface area (Å²) in [6, 6.07) is 18.0. The normalized spacial score (nSPS) is 10.6. The molecule has 3 rings (SSSR count). The summed E-state index contributed by atoms with van der Waals surface area (Å²) in [4.78, 5) is 24.6. The van der Waals surface area contributed by atoms with Crippen LogP contribution >= 0.6 is 0 Å². The van der Waals surface area contributed by atoms with Crippen molar-refractivity contribution in [2.24, 2.45) is 5.73 Å². The molecule has 2 amide bonds. The van der Waals surface area contributed by atoms with Crippen molar-refractivity contribution in [2.75, 3.05) is 17.2 Å². The van der Waals surface area contributed by atoms with Crippen molar-refractivity contribution in [1.29, 1.82) is 5.41 Å². The Morgan fingerprint density at radius 3 is 2.32 bits per heavy atom. The van der Waals surface area contributed by atoms with Gasteiger partial charge in [0.05, 0.1) is 6.54 Å². The summed E-state index contributed by atoms with van der Waals surface area (Å²) < 4.78 is 44.6. The van der Waals surface area contributed by atoms with Crippen LogP contribution in [-0.2, 0) is 22.6 Å². The summed E-state index contributed by atoms with van der Waals surface area (Å²) in [5.41, 5.74) is 7.45. The number of hydrogen-bond acceptors (Lipinski definition) is 5. The largest absolute Gasteiger partial charge is 0.431 e. The van der Waals surface area contributed by atoms with Crippen LogP contribution in [0.5, 0.6) is 5.75 Å². The first-order chi connectivity index (χ1) is 17.7. The van der Waals surface area contributed by atoms with Gasteiger partial charge in [-0.15, -0.1) is 0 Å². The van der Waals surface area contributed by atoms with Gasteiger partial charge in [0.15, 0.2) is 11.6 Å². The summed E-state index contributed by atoms with van der Waals surface area (Å²) in [7, 11) is 0. The third kappa shape index (κ3) is 8.57. The number of hydrogen-bond donors (Lipinski definition) is 5. The third-order valence-electron chi connectivity index (χ3n) is 5.22. The number of benzene rings is 3. The van der Waals surface area contributed by atoms with Crippen molar-refractivity contribution < 1.29 is 27.5 Å². The highest BCUT2D eigenvalue weighted by molar-refractivity contribution is 5.95. The molecular weight excluding hydrogens is 487 g/mol. The Balaban J connectivity index is 1.62. The average molecular weight is 514 g/mol. The zero-order valence-electron chi connectivity index (χ0n) is 19.7. The quantitative estimate of drug-likeness (QED) is 0.185. The number of amides is 2. The standard InChI is InChI=1S/C26H26F3N5O3/c27-21-13-20(34-22(35)11-6-16-4-2-1-3-5-16)12-18(24(21)37-26(28)29)14-33-23(36)15-32-19-9-7-17(8-10-19)25(30)31/h1-5,7-10,12-13,26,32H,6,11,14-15H2,(H3,30,31)(H,33,36)(H,34,35). The number of alkyl halides is 2. The van der Waals surface area contributed by atoms with Crippen LogP contribution in [0.3, 0.4) is 0 Å². The van der Waals surface area contributed by atoms with Crippen molar-refractivity contribution in [3.05, 3.63) is 89.2 Å². The van der Waals surface area contributed by atoms with E-state index >= 15 is 0 Å². The van der Waals surface area contributed by atoms with E-state index < -0.39 is 24.1 Å². The molecule has 37 heavy (non-hydrogen) atoms. The second-order valence-electron chi connectivity index (χ2n) is 7.98. The molecule has 0 aromatic heterocycles. The van der Waals surface area contributed by atoms with Crippen molar-refractivity contribution in [3.63, 3.8) is 0 Å². The first-order valence-corrected chi connectivity index (χ1v) is 11.3. The zero-order chi connectivity index (χ0) is 26.8. The molecule has 0 aliphatic rings. The molecule has 6 N–H and O–H groups in total. The Kier molecular flexibility index (Phi) is 9.48. The van der Waals surface area contributed by atoms with Crippen molar-refractivity contribution in [1.82, 2.24) is 5.32 Å². The van der Waals surface area contributed by atoms with Gasteiger partial charge in [0.25, 0.3) is 0 Å². The van der Waals surface area contributed by atoms with Gasteiger partial charge in [-0.2, -0.15) is 8.78 Å². The molecule has 0 atom stereocenters. The number of carbonyl (C=O) groups is 2. The Bertz CT molecular complexity index is 1240. The fourth-order valence-electron chi connectivity index (χ4n) is 3.41. The second kappa shape index (κ2) is 13.0. The van der Waals surface area contributed by atoms with Gasteiger partial charge >= 0.3 is 6.61 Å². The average Bonchev–Trinajstić information content (AvgIpc) is 2.87. The van der Waals surface area contributed by atoms with Crippen LogP contribution in [0.15, 0.2) is 66.7 Å². The lowest BCUT2D eigenvalue weighted by Crippen LogP contribution is -2.29. The van der Waals surface area contributed by atoms with Crippen LogP contribution in [0.1, 0.15) is 23.1 Å². The Morgan fingerprint density at radius 2 is 1.68 bits per heavy atom. The fraction of sp³-hybridized carbons (Fsp3) is 0.192. The lowest BCUT2D eigenvalue weighted by atomic mass is 10.1. The summed E-state index contributed by atoms with van der Waals surface area (Å²) in [5.74, 6) is -2.80. The third-order valence-corrected chi connectivity index (χ3v) is 5.22. The highest BCUT2D eigenvalue weighted by Gasteiger charge is 2.18. The molecule has 0 spiro atoms. The summed E-state index contributed by atoms with van der Waals surface area (Å²) in [6.45, 7) is -3.77. The van der Waals surface area contributed by atoms with Gasteiger partial charge in [0.1, 0.15) is 5.84 Å². The van der Waals surface area contributed by atoms with Gasteiger partial charge < -0.3 is 26.4 Å². The molecular formula is C26H26F3N5O3. The minimum Gasteiger partial charge on any atom is -0.431 e. The maximum absolute atomic E-state index is 14.6. The zero-order valence-corrected chi connectivity index (χ0v) is 19.7. The Morgan fingerprint density at radius 1 is 0.973 bits per heavy atom. The number of nitrogens with two attached hydrogens (primary N) is 1. The molecule has 0 bridgehead atoms. The van der Waals surface area contributed by atoms with Gasteiger partial charge in [-0.3, -0.25) is 15.0 Å². The fourth-order valence-corrected chi connectivity index (χ4v) is 3.41. The summed E-state index contributed by atoms with van der Waals surface area (Å²) >= 11 is 0. The molecule has 8 nitrogen and oxygen atoms in total. The Labute approximate surface area is 211 Å². The van der Waals surface area contributed by atoms with E-state index in [0.29, 0.717) is 17.7 Å². The van der Waals surface area contributed by atoms with Gasteiger partial charge in [0.2, 0.25) is 11.8 Å². The van der Waals surface area contributed by atoms with E-state index in [1.54, 1.807) is 24.3 Å². The van der Waals surface area contributed by atoms with Crippen molar-refractivity contribution in [2.45, 2.75) is 26.0 Å². The summed E-state index contributed by atoms with van der Waals surface area (Å²) in [6.07, 6.45) is 0.598. The first-order valence-electron chi connectivity index (χ1n) is 11.3. The minimum atomic E-state index is -3.28. The monoisotopic (exact) mass is 513 g/mol. The lowest BCUT2D eigenvalue weighted by Gasteiger charge is -2.15. The SMILES string of the molecule is N=C(N)c1ccc(NCC(=O)NCc2cc(NC(=O)CCc3ccccc3)cc(F)c2OC(F)F)cc1. The van der Waals surface area contributed by atoms with E-state index in [1.807, 2.05) is 30.3 Å². The number of carbonyl (C=O) groups excluding carboxylic acids is 2. The van der Waals surface area contributed by atoms with E-state index in [4.69, 9.17) is 11.1 Å². The minimum absolute atomic E-state index is 0.0464. The van der Waals surface area contributed by atoms with E-state index in [1.165, 1.54) is 6.07 Å². The van der Waals surface area contributed by atoms with E-state index in [9.17, 15) is 22.8 Å². The van der Waals surface area contributed by atoms with E-state index in [2.05, 4.69) is 20.7 Å². The van der Waals surface area contributed by atoms with E-state index in [-0.39, 0.29) is 42.5 Å². The topological polar surface area (TPSA) is 129 Å². The molecule has 0 fully saturated rings. The number of aryl methyl sites for hydroxylation is 1. The van der Waals surface area contributed by atoms with Crippen LogP contribution in [0, 0.1) is 11.2 Å². The molecule has 0 saturated heterocycles. The summed E-state index contributed by atoms with van der Waals surface area (Å²) in [5, 5.41) is 15.3. The lowest BCUT2D eigenvalue weighted by molar-refractivity contribution is -0.119. The molecule has 0 heterocycles. The molecule has 11 heteroatoms. The van der Waals surface area contributed by atoms with Gasteiger partial charge in [-0.25, -0.2) is 4.39 Å². The molecule has 3 aromatic carbocycles. The first kappa shape index (κ1) is 27.1. The molecule has 0 radical (unpaired) electrons. The van der Waals surface area contributed by atoms with Crippen LogP contribution in [-0.4, -0.2) is 30.8 Å². The van der Waals surface area contributed by atoms with Crippen LogP contribution in [0.25, 0.3) is 0 Å². The van der Waals surface area contributed by atoms with Gasteiger partial charge in [-0.05, 0) is 42.3 Å².